The largest absolute Gasteiger partial charge is 0.394 e. The summed E-state index contributed by atoms with van der Waals surface area (Å²) in [6.07, 6.45) is -6.08. The summed E-state index contributed by atoms with van der Waals surface area (Å²) >= 11 is 0. The third-order valence-electron chi connectivity index (χ3n) is 2.89. The summed E-state index contributed by atoms with van der Waals surface area (Å²) < 4.78 is 5.25. The third-order valence-corrected chi connectivity index (χ3v) is 2.89. The van der Waals surface area contributed by atoms with Gasteiger partial charge in [0.25, 0.3) is 0 Å². The molecule has 92 valence electrons. The molecule has 0 aromatic heterocycles. The Morgan fingerprint density at radius 2 is 1.75 bits per heavy atom. The molecule has 6 heteroatoms. The van der Waals surface area contributed by atoms with Crippen LogP contribution in [0.2, 0.25) is 0 Å². The lowest BCUT2D eigenvalue weighted by Gasteiger charge is -2.44. The van der Waals surface area contributed by atoms with Crippen molar-refractivity contribution in [3.05, 3.63) is 0 Å². The van der Waals surface area contributed by atoms with Gasteiger partial charge in [-0.15, -0.1) is 0 Å². The van der Waals surface area contributed by atoms with Gasteiger partial charge in [0.1, 0.15) is 30.5 Å². The number of hydrogen-bond acceptors (Lipinski definition) is 6. The lowest BCUT2D eigenvalue weighted by molar-refractivity contribution is -0.246. The molecule has 5 atom stereocenters. The van der Waals surface area contributed by atoms with E-state index >= 15 is 0 Å². The molecule has 0 bridgehead atoms. The monoisotopic (exact) mass is 231 g/mol. The van der Waals surface area contributed by atoms with Crippen molar-refractivity contribution in [1.29, 1.82) is 5.26 Å². The van der Waals surface area contributed by atoms with Gasteiger partial charge in [-0.25, -0.2) is 0 Å². The van der Waals surface area contributed by atoms with Gasteiger partial charge in [-0.3, -0.25) is 0 Å². The zero-order valence-electron chi connectivity index (χ0n) is 9.24. The molecule has 1 saturated heterocycles. The van der Waals surface area contributed by atoms with Gasteiger partial charge in [-0.1, -0.05) is 0 Å². The number of aliphatic hydroxyl groups is 4. The molecular formula is C10H17NO5. The first-order valence-corrected chi connectivity index (χ1v) is 5.07. The molecule has 0 saturated carbocycles. The highest BCUT2D eigenvalue weighted by molar-refractivity contribution is 5.05. The average Bonchev–Trinajstić information content (AvgIpc) is 2.26. The summed E-state index contributed by atoms with van der Waals surface area (Å²) in [7, 11) is 0. The SMILES string of the molecule is CC(C)(C#N)[C@@H]1O[C@H](CO)[C@@H](O)[C@H](O)[C@H]1O. The maximum Gasteiger partial charge on any atom is 0.111 e. The summed E-state index contributed by atoms with van der Waals surface area (Å²) in [5.41, 5.74) is -1.02. The van der Waals surface area contributed by atoms with Crippen LogP contribution < -0.4 is 0 Å². The topological polar surface area (TPSA) is 114 Å². The summed E-state index contributed by atoms with van der Waals surface area (Å²) in [6.45, 7) is 2.63. The van der Waals surface area contributed by atoms with Crippen molar-refractivity contribution in [3.63, 3.8) is 0 Å². The van der Waals surface area contributed by atoms with Crippen molar-refractivity contribution < 1.29 is 25.2 Å². The van der Waals surface area contributed by atoms with Crippen LogP contribution in [-0.4, -0.2) is 57.6 Å². The Hall–Kier alpha value is -0.710. The minimum absolute atomic E-state index is 0.483. The van der Waals surface area contributed by atoms with Gasteiger partial charge in [-0.2, -0.15) is 5.26 Å². The highest BCUT2D eigenvalue weighted by atomic mass is 16.5. The van der Waals surface area contributed by atoms with E-state index < -0.39 is 42.5 Å². The van der Waals surface area contributed by atoms with Crippen LogP contribution >= 0.6 is 0 Å². The Kier molecular flexibility index (Phi) is 3.88. The first kappa shape index (κ1) is 13.4. The maximum absolute atomic E-state index is 9.72. The normalized spacial score (nSPS) is 40.4. The zero-order chi connectivity index (χ0) is 12.5. The highest BCUT2D eigenvalue weighted by Crippen LogP contribution is 2.32. The molecule has 0 aliphatic carbocycles. The second kappa shape index (κ2) is 4.65. The summed E-state index contributed by atoms with van der Waals surface area (Å²) in [4.78, 5) is 0. The number of hydrogen-bond donors (Lipinski definition) is 4. The van der Waals surface area contributed by atoms with E-state index in [9.17, 15) is 15.3 Å². The molecule has 0 aromatic carbocycles. The van der Waals surface area contributed by atoms with E-state index in [1.165, 1.54) is 0 Å². The van der Waals surface area contributed by atoms with Crippen LogP contribution in [0.15, 0.2) is 0 Å². The maximum atomic E-state index is 9.72. The van der Waals surface area contributed by atoms with Crippen molar-refractivity contribution in [2.45, 2.75) is 44.4 Å². The fraction of sp³-hybridized carbons (Fsp3) is 0.900. The predicted molar refractivity (Wildman–Crippen MR) is 53.2 cm³/mol. The number of nitriles is 1. The van der Waals surface area contributed by atoms with Crippen LogP contribution in [0.4, 0.5) is 0 Å². The molecule has 16 heavy (non-hydrogen) atoms. The van der Waals surface area contributed by atoms with Crippen LogP contribution in [0.25, 0.3) is 0 Å². The molecule has 6 nitrogen and oxygen atoms in total. The second-order valence-electron chi connectivity index (χ2n) is 4.58. The first-order chi connectivity index (χ1) is 7.35. The highest BCUT2D eigenvalue weighted by Gasteiger charge is 2.49. The van der Waals surface area contributed by atoms with Crippen molar-refractivity contribution in [3.8, 4) is 6.07 Å². The Balaban J connectivity index is 2.92. The van der Waals surface area contributed by atoms with E-state index in [2.05, 4.69) is 0 Å². The summed E-state index contributed by atoms with van der Waals surface area (Å²) in [6, 6.07) is 1.96. The van der Waals surface area contributed by atoms with Crippen molar-refractivity contribution >= 4 is 0 Å². The van der Waals surface area contributed by atoms with E-state index in [-0.39, 0.29) is 0 Å². The van der Waals surface area contributed by atoms with Crippen LogP contribution in [-0.2, 0) is 4.74 Å². The van der Waals surface area contributed by atoms with Crippen LogP contribution in [0.5, 0.6) is 0 Å². The van der Waals surface area contributed by atoms with Crippen LogP contribution in [0, 0.1) is 16.7 Å². The van der Waals surface area contributed by atoms with E-state index in [4.69, 9.17) is 15.1 Å². The Morgan fingerprint density at radius 3 is 2.19 bits per heavy atom. The van der Waals surface area contributed by atoms with Crippen molar-refractivity contribution in [2.75, 3.05) is 6.61 Å². The van der Waals surface area contributed by atoms with Gasteiger partial charge in [-0.05, 0) is 13.8 Å². The molecule has 0 spiro atoms. The molecule has 0 radical (unpaired) electrons. The van der Waals surface area contributed by atoms with E-state index in [0.29, 0.717) is 0 Å². The quantitative estimate of drug-likeness (QED) is 0.454. The molecule has 0 aromatic rings. The lowest BCUT2D eigenvalue weighted by atomic mass is 9.80. The summed E-state index contributed by atoms with van der Waals surface area (Å²) in [5.74, 6) is 0. The molecule has 1 rings (SSSR count). The van der Waals surface area contributed by atoms with Crippen LogP contribution in [0.1, 0.15) is 13.8 Å². The van der Waals surface area contributed by atoms with E-state index in [1.807, 2.05) is 6.07 Å². The number of aliphatic hydroxyl groups excluding tert-OH is 4. The minimum Gasteiger partial charge on any atom is -0.394 e. The van der Waals surface area contributed by atoms with Gasteiger partial charge >= 0.3 is 0 Å². The van der Waals surface area contributed by atoms with E-state index in [0.717, 1.165) is 0 Å². The van der Waals surface area contributed by atoms with Crippen molar-refractivity contribution in [2.24, 2.45) is 5.41 Å². The summed E-state index contributed by atoms with van der Waals surface area (Å²) in [5, 5.41) is 46.7. The number of rotatable bonds is 2. The van der Waals surface area contributed by atoms with Gasteiger partial charge in [0.05, 0.1) is 18.1 Å². The van der Waals surface area contributed by atoms with Gasteiger partial charge in [0, 0.05) is 0 Å². The molecule has 0 amide bonds. The average molecular weight is 231 g/mol. The standard InChI is InChI=1S/C10H17NO5/c1-10(2,4-11)9-8(15)7(14)6(13)5(3-12)16-9/h5-9,12-15H,3H2,1-2H3/t5-,6-,7+,8-,9-/m1/s1. The van der Waals surface area contributed by atoms with Gasteiger partial charge in [0.15, 0.2) is 0 Å². The lowest BCUT2D eigenvalue weighted by Crippen LogP contribution is -2.61. The Labute approximate surface area is 93.7 Å². The molecule has 0 unspecified atom stereocenters. The fourth-order valence-electron chi connectivity index (χ4n) is 1.76. The predicted octanol–water partition coefficient (Wildman–Crippen LogP) is -1.62. The number of nitrogens with zero attached hydrogens (tertiary/aromatic N) is 1. The van der Waals surface area contributed by atoms with Crippen molar-refractivity contribution in [1.82, 2.24) is 0 Å². The number of ether oxygens (including phenoxy) is 1. The molecule has 1 aliphatic heterocycles. The van der Waals surface area contributed by atoms with Gasteiger partial charge in [0.2, 0.25) is 0 Å². The first-order valence-electron chi connectivity index (χ1n) is 5.07. The Morgan fingerprint density at radius 1 is 1.19 bits per heavy atom. The fourth-order valence-corrected chi connectivity index (χ4v) is 1.76. The smallest absolute Gasteiger partial charge is 0.111 e. The second-order valence-corrected chi connectivity index (χ2v) is 4.58. The molecule has 1 fully saturated rings. The van der Waals surface area contributed by atoms with Crippen LogP contribution in [0.3, 0.4) is 0 Å². The van der Waals surface area contributed by atoms with E-state index in [1.54, 1.807) is 13.8 Å². The Bertz CT molecular complexity index is 285. The molecule has 4 N–H and O–H groups in total. The minimum atomic E-state index is -1.43. The third kappa shape index (κ3) is 2.19. The van der Waals surface area contributed by atoms with Gasteiger partial charge < -0.3 is 25.2 Å². The molecular weight excluding hydrogens is 214 g/mol. The zero-order valence-corrected chi connectivity index (χ0v) is 9.24. The molecule has 1 aliphatic rings. The molecule has 1 heterocycles.